The molecule has 0 radical (unpaired) electrons. The summed E-state index contributed by atoms with van der Waals surface area (Å²) < 4.78 is 5.34. The lowest BCUT2D eigenvalue weighted by Crippen LogP contribution is -2.25. The number of hydrogen-bond donors (Lipinski definition) is 0. The number of esters is 1. The Morgan fingerprint density at radius 3 is 2.58 bits per heavy atom. The summed E-state index contributed by atoms with van der Waals surface area (Å²) in [5.74, 6) is -0.0411. The molecule has 0 aromatic rings. The van der Waals surface area contributed by atoms with Crippen LogP contribution in [0.15, 0.2) is 34.9 Å². The van der Waals surface area contributed by atoms with Gasteiger partial charge in [0.2, 0.25) is 0 Å². The summed E-state index contributed by atoms with van der Waals surface area (Å²) in [6.45, 7) is 9.67. The van der Waals surface area contributed by atoms with Crippen LogP contribution in [0.2, 0.25) is 0 Å². The summed E-state index contributed by atoms with van der Waals surface area (Å²) >= 11 is 0. The molecule has 1 fully saturated rings. The van der Waals surface area contributed by atoms with Crippen LogP contribution in [-0.4, -0.2) is 17.4 Å². The highest BCUT2D eigenvalue weighted by Gasteiger charge is 2.36. The standard InChI is InChI=1S/C16H20O3/c1-10-9-13(15(18)12(3)11(10)2)5-7-16(4)8-6-14(17)19-16/h9H,1,5-8H2,2-4H3. The molecule has 0 saturated carbocycles. The van der Waals surface area contributed by atoms with Gasteiger partial charge in [-0.1, -0.05) is 6.58 Å². The van der Waals surface area contributed by atoms with Gasteiger partial charge < -0.3 is 4.74 Å². The third-order valence-electron chi connectivity index (χ3n) is 4.17. The fourth-order valence-electron chi connectivity index (χ4n) is 2.54. The number of cyclic esters (lactones) is 1. The highest BCUT2D eigenvalue weighted by molar-refractivity contribution is 6.10. The largest absolute Gasteiger partial charge is 0.459 e. The summed E-state index contributed by atoms with van der Waals surface area (Å²) in [4.78, 5) is 23.4. The van der Waals surface area contributed by atoms with Crippen LogP contribution in [0.5, 0.6) is 0 Å². The Morgan fingerprint density at radius 2 is 2.00 bits per heavy atom. The van der Waals surface area contributed by atoms with E-state index in [1.54, 1.807) is 0 Å². The van der Waals surface area contributed by atoms with Crippen LogP contribution < -0.4 is 0 Å². The summed E-state index contributed by atoms with van der Waals surface area (Å²) in [5.41, 5.74) is 3.00. The number of ketones is 1. The molecule has 0 bridgehead atoms. The molecule has 1 saturated heterocycles. The Morgan fingerprint density at radius 1 is 1.32 bits per heavy atom. The number of carbonyl (C=O) groups is 2. The molecule has 2 rings (SSSR count). The van der Waals surface area contributed by atoms with Crippen LogP contribution >= 0.6 is 0 Å². The maximum absolute atomic E-state index is 12.2. The van der Waals surface area contributed by atoms with E-state index in [1.165, 1.54) is 0 Å². The lowest BCUT2D eigenvalue weighted by Gasteiger charge is -2.24. The van der Waals surface area contributed by atoms with Crippen molar-refractivity contribution in [1.82, 2.24) is 0 Å². The molecule has 0 aromatic carbocycles. The van der Waals surface area contributed by atoms with Gasteiger partial charge in [0, 0.05) is 17.6 Å². The van der Waals surface area contributed by atoms with Crippen LogP contribution in [-0.2, 0) is 14.3 Å². The first-order valence-electron chi connectivity index (χ1n) is 6.66. The molecule has 1 aliphatic carbocycles. The van der Waals surface area contributed by atoms with Gasteiger partial charge in [-0.25, -0.2) is 0 Å². The molecule has 1 unspecified atom stereocenters. The Bertz CT molecular complexity index is 522. The van der Waals surface area contributed by atoms with Crippen molar-refractivity contribution in [3.8, 4) is 0 Å². The topological polar surface area (TPSA) is 43.4 Å². The van der Waals surface area contributed by atoms with Gasteiger partial charge in [-0.3, -0.25) is 9.59 Å². The first-order valence-corrected chi connectivity index (χ1v) is 6.66. The molecule has 0 amide bonds. The zero-order valence-corrected chi connectivity index (χ0v) is 11.8. The number of Topliss-reactive ketones (excluding diaryl/α,β-unsaturated/α-hetero) is 1. The molecule has 3 heteroatoms. The first-order chi connectivity index (χ1) is 8.82. The predicted molar refractivity (Wildman–Crippen MR) is 73.6 cm³/mol. The third kappa shape index (κ3) is 2.70. The fourth-order valence-corrected chi connectivity index (χ4v) is 2.54. The highest BCUT2D eigenvalue weighted by Crippen LogP contribution is 2.34. The molecule has 19 heavy (non-hydrogen) atoms. The number of ether oxygens (including phenoxy) is 1. The monoisotopic (exact) mass is 260 g/mol. The van der Waals surface area contributed by atoms with E-state index in [9.17, 15) is 9.59 Å². The van der Waals surface area contributed by atoms with E-state index in [1.807, 2.05) is 26.8 Å². The highest BCUT2D eigenvalue weighted by atomic mass is 16.6. The molecule has 3 nitrogen and oxygen atoms in total. The van der Waals surface area contributed by atoms with Gasteiger partial charge >= 0.3 is 5.97 Å². The van der Waals surface area contributed by atoms with E-state index in [2.05, 4.69) is 6.58 Å². The van der Waals surface area contributed by atoms with Crippen molar-refractivity contribution in [2.75, 3.05) is 0 Å². The van der Waals surface area contributed by atoms with Gasteiger partial charge in [0.1, 0.15) is 5.60 Å². The third-order valence-corrected chi connectivity index (χ3v) is 4.17. The minimum atomic E-state index is -0.413. The van der Waals surface area contributed by atoms with Crippen molar-refractivity contribution >= 4 is 11.8 Å². The molecule has 0 aromatic heterocycles. The number of hydrogen-bond acceptors (Lipinski definition) is 3. The number of carbonyl (C=O) groups excluding carboxylic acids is 2. The summed E-state index contributed by atoms with van der Waals surface area (Å²) in [5, 5.41) is 0. The maximum atomic E-state index is 12.2. The SMILES string of the molecule is C=C1C=C(CCC2(C)CCC(=O)O2)C(=O)C(C)=C1C. The van der Waals surface area contributed by atoms with E-state index < -0.39 is 5.60 Å². The Hall–Kier alpha value is -1.64. The zero-order chi connectivity index (χ0) is 14.2. The smallest absolute Gasteiger partial charge is 0.306 e. The van der Waals surface area contributed by atoms with Gasteiger partial charge in [-0.2, -0.15) is 0 Å². The molecule has 1 heterocycles. The van der Waals surface area contributed by atoms with Crippen molar-refractivity contribution in [2.24, 2.45) is 0 Å². The molecule has 0 N–H and O–H groups in total. The Kier molecular flexibility index (Phi) is 3.48. The molecule has 1 atom stereocenters. The van der Waals surface area contributed by atoms with Crippen LogP contribution in [0.1, 0.15) is 46.5 Å². The van der Waals surface area contributed by atoms with E-state index in [0.29, 0.717) is 19.3 Å². The van der Waals surface area contributed by atoms with Gasteiger partial charge in [0.15, 0.2) is 5.78 Å². The van der Waals surface area contributed by atoms with Crippen molar-refractivity contribution in [2.45, 2.75) is 52.1 Å². The molecule has 102 valence electrons. The minimum Gasteiger partial charge on any atom is -0.459 e. The van der Waals surface area contributed by atoms with Crippen molar-refractivity contribution < 1.29 is 14.3 Å². The van der Waals surface area contributed by atoms with Gasteiger partial charge in [0.25, 0.3) is 0 Å². The Labute approximate surface area is 114 Å². The molecule has 1 aliphatic heterocycles. The second-order valence-electron chi connectivity index (χ2n) is 5.70. The molecular formula is C16H20O3. The van der Waals surface area contributed by atoms with Crippen molar-refractivity contribution in [1.29, 1.82) is 0 Å². The van der Waals surface area contributed by atoms with Gasteiger partial charge in [0.05, 0.1) is 0 Å². The zero-order valence-electron chi connectivity index (χ0n) is 11.8. The molecule has 0 spiro atoms. The fraction of sp³-hybridized carbons (Fsp3) is 0.500. The summed E-state index contributed by atoms with van der Waals surface area (Å²) in [6, 6.07) is 0. The van der Waals surface area contributed by atoms with Gasteiger partial charge in [-0.15, -0.1) is 0 Å². The van der Waals surface area contributed by atoms with Crippen LogP contribution in [0, 0.1) is 0 Å². The summed E-state index contributed by atoms with van der Waals surface area (Å²) in [6.07, 6.45) is 4.41. The minimum absolute atomic E-state index is 0.0952. The lowest BCUT2D eigenvalue weighted by atomic mass is 9.85. The normalized spacial score (nSPS) is 27.7. The lowest BCUT2D eigenvalue weighted by molar-refractivity contribution is -0.147. The average Bonchev–Trinajstić information content (AvgIpc) is 2.70. The number of allylic oxidation sites excluding steroid dienone is 5. The van der Waals surface area contributed by atoms with Crippen molar-refractivity contribution in [3.63, 3.8) is 0 Å². The second-order valence-corrected chi connectivity index (χ2v) is 5.70. The molecular weight excluding hydrogens is 240 g/mol. The summed E-state index contributed by atoms with van der Waals surface area (Å²) in [7, 11) is 0. The quantitative estimate of drug-likeness (QED) is 0.731. The Balaban J connectivity index is 2.05. The van der Waals surface area contributed by atoms with E-state index in [0.717, 1.165) is 28.7 Å². The van der Waals surface area contributed by atoms with E-state index >= 15 is 0 Å². The molecule has 2 aliphatic rings. The maximum Gasteiger partial charge on any atom is 0.306 e. The average molecular weight is 260 g/mol. The van der Waals surface area contributed by atoms with E-state index in [4.69, 9.17) is 4.74 Å². The van der Waals surface area contributed by atoms with Crippen LogP contribution in [0.25, 0.3) is 0 Å². The van der Waals surface area contributed by atoms with Crippen LogP contribution in [0.4, 0.5) is 0 Å². The first kappa shape index (κ1) is 13.8. The van der Waals surface area contributed by atoms with Crippen LogP contribution in [0.3, 0.4) is 0 Å². The van der Waals surface area contributed by atoms with Gasteiger partial charge in [-0.05, 0) is 57.3 Å². The van der Waals surface area contributed by atoms with E-state index in [-0.39, 0.29) is 11.8 Å². The predicted octanol–water partition coefficient (Wildman–Crippen LogP) is 3.26. The van der Waals surface area contributed by atoms with Crippen molar-refractivity contribution in [3.05, 3.63) is 34.9 Å². The number of rotatable bonds is 3. The second kappa shape index (κ2) is 4.80.